The SMILES string of the molecule is C[C@H](Nc1nccc(-c2c(-c3cccc(C(F)(F)F)c3)nc3cc(CN(C)C)ccn23)n1)c1ccccc1. The van der Waals surface area contributed by atoms with Crippen molar-refractivity contribution in [3.05, 3.63) is 102 Å². The molecule has 0 unspecified atom stereocenters. The Morgan fingerprint density at radius 2 is 1.74 bits per heavy atom. The molecule has 0 fully saturated rings. The highest BCUT2D eigenvalue weighted by Crippen LogP contribution is 2.36. The zero-order chi connectivity index (χ0) is 26.9. The Kier molecular flexibility index (Phi) is 6.86. The van der Waals surface area contributed by atoms with Crippen LogP contribution in [0.2, 0.25) is 0 Å². The number of aromatic nitrogens is 4. The molecule has 0 bridgehead atoms. The van der Waals surface area contributed by atoms with Crippen LogP contribution in [0.5, 0.6) is 0 Å². The number of hydrogen-bond donors (Lipinski definition) is 1. The van der Waals surface area contributed by atoms with E-state index in [0.29, 0.717) is 40.8 Å². The van der Waals surface area contributed by atoms with E-state index in [4.69, 9.17) is 9.97 Å². The maximum atomic E-state index is 13.5. The van der Waals surface area contributed by atoms with Gasteiger partial charge in [0, 0.05) is 24.5 Å². The van der Waals surface area contributed by atoms with E-state index in [0.717, 1.165) is 23.3 Å². The number of rotatable bonds is 7. The molecule has 5 aromatic rings. The van der Waals surface area contributed by atoms with Crippen LogP contribution in [0.4, 0.5) is 19.1 Å². The Labute approximate surface area is 218 Å². The maximum Gasteiger partial charge on any atom is 0.416 e. The average Bonchev–Trinajstić information content (AvgIpc) is 3.27. The van der Waals surface area contributed by atoms with Crippen molar-refractivity contribution in [2.24, 2.45) is 0 Å². The average molecular weight is 517 g/mol. The highest BCUT2D eigenvalue weighted by Gasteiger charge is 2.31. The van der Waals surface area contributed by atoms with Crippen molar-refractivity contribution in [2.75, 3.05) is 19.4 Å². The van der Waals surface area contributed by atoms with Crippen LogP contribution >= 0.6 is 0 Å². The minimum absolute atomic E-state index is 0.0508. The Balaban J connectivity index is 1.63. The van der Waals surface area contributed by atoms with Gasteiger partial charge >= 0.3 is 6.18 Å². The first-order chi connectivity index (χ1) is 18.2. The Morgan fingerprint density at radius 1 is 0.947 bits per heavy atom. The lowest BCUT2D eigenvalue weighted by Crippen LogP contribution is -2.11. The quantitative estimate of drug-likeness (QED) is 0.261. The Bertz CT molecular complexity index is 1560. The predicted octanol–water partition coefficient (Wildman–Crippen LogP) is 6.71. The fourth-order valence-corrected chi connectivity index (χ4v) is 4.42. The molecule has 9 heteroatoms. The lowest BCUT2D eigenvalue weighted by Gasteiger charge is -2.15. The van der Waals surface area contributed by atoms with Crippen molar-refractivity contribution < 1.29 is 13.2 Å². The van der Waals surface area contributed by atoms with Crippen LogP contribution in [0.25, 0.3) is 28.3 Å². The van der Waals surface area contributed by atoms with Crippen molar-refractivity contribution in [3.8, 4) is 22.6 Å². The summed E-state index contributed by atoms with van der Waals surface area (Å²) >= 11 is 0. The molecular formula is C29H27F3N6. The summed E-state index contributed by atoms with van der Waals surface area (Å²) in [5, 5.41) is 3.32. The van der Waals surface area contributed by atoms with Gasteiger partial charge in [0.25, 0.3) is 0 Å². The molecule has 0 aliphatic rings. The first-order valence-corrected chi connectivity index (χ1v) is 12.2. The lowest BCUT2D eigenvalue weighted by molar-refractivity contribution is -0.137. The summed E-state index contributed by atoms with van der Waals surface area (Å²) < 4.78 is 42.5. The summed E-state index contributed by atoms with van der Waals surface area (Å²) in [4.78, 5) is 16.0. The van der Waals surface area contributed by atoms with Gasteiger partial charge in [-0.25, -0.2) is 15.0 Å². The van der Waals surface area contributed by atoms with Gasteiger partial charge in [-0.15, -0.1) is 0 Å². The number of nitrogens with zero attached hydrogens (tertiary/aromatic N) is 5. The molecule has 38 heavy (non-hydrogen) atoms. The van der Waals surface area contributed by atoms with E-state index >= 15 is 0 Å². The van der Waals surface area contributed by atoms with Crippen molar-refractivity contribution in [1.29, 1.82) is 0 Å². The lowest BCUT2D eigenvalue weighted by atomic mass is 10.0. The molecule has 5 rings (SSSR count). The maximum absolute atomic E-state index is 13.5. The number of nitrogens with one attached hydrogen (secondary N) is 1. The van der Waals surface area contributed by atoms with Gasteiger partial charge in [-0.05, 0) is 62.5 Å². The number of pyridine rings is 1. The molecule has 1 N–H and O–H groups in total. The third-order valence-corrected chi connectivity index (χ3v) is 6.20. The van der Waals surface area contributed by atoms with E-state index in [1.54, 1.807) is 18.3 Å². The van der Waals surface area contributed by atoms with E-state index in [2.05, 4.69) is 10.3 Å². The molecule has 0 amide bonds. The second-order valence-electron chi connectivity index (χ2n) is 9.43. The normalized spacial score (nSPS) is 12.7. The third kappa shape index (κ3) is 5.38. The molecule has 2 aromatic carbocycles. The number of benzene rings is 2. The minimum atomic E-state index is -4.46. The molecule has 3 heterocycles. The number of alkyl halides is 3. The van der Waals surface area contributed by atoms with E-state index < -0.39 is 11.7 Å². The number of hydrogen-bond acceptors (Lipinski definition) is 5. The zero-order valence-corrected chi connectivity index (χ0v) is 21.2. The summed E-state index contributed by atoms with van der Waals surface area (Å²) in [6, 6.07) is 20.8. The van der Waals surface area contributed by atoms with Crippen LogP contribution in [0.3, 0.4) is 0 Å². The van der Waals surface area contributed by atoms with Crippen LogP contribution < -0.4 is 5.32 Å². The highest BCUT2D eigenvalue weighted by atomic mass is 19.4. The van der Waals surface area contributed by atoms with Crippen molar-refractivity contribution in [3.63, 3.8) is 0 Å². The fourth-order valence-electron chi connectivity index (χ4n) is 4.42. The molecule has 194 valence electrons. The number of fused-ring (bicyclic) bond motifs is 1. The molecule has 0 spiro atoms. The number of anilines is 1. The van der Waals surface area contributed by atoms with Crippen molar-refractivity contribution >= 4 is 11.6 Å². The van der Waals surface area contributed by atoms with Crippen LogP contribution in [-0.2, 0) is 12.7 Å². The second-order valence-corrected chi connectivity index (χ2v) is 9.43. The van der Waals surface area contributed by atoms with Crippen molar-refractivity contribution in [1.82, 2.24) is 24.3 Å². The van der Waals surface area contributed by atoms with Gasteiger partial charge in [0.2, 0.25) is 5.95 Å². The predicted molar refractivity (Wildman–Crippen MR) is 143 cm³/mol. The van der Waals surface area contributed by atoms with Crippen LogP contribution in [0, 0.1) is 0 Å². The smallest absolute Gasteiger partial charge is 0.348 e. The summed E-state index contributed by atoms with van der Waals surface area (Å²) in [6.45, 7) is 2.72. The summed E-state index contributed by atoms with van der Waals surface area (Å²) in [5.41, 5.74) is 3.92. The monoisotopic (exact) mass is 516 g/mol. The standard InChI is InChI=1S/C29H27F3N6/c1-19(21-8-5-4-6-9-21)34-28-33-14-12-24(35-28)27-26(22-10-7-11-23(17-22)29(30,31)32)36-25-16-20(18-37(2)3)13-15-38(25)27/h4-17,19H,18H2,1-3H3,(H,33,34,35)/t19-/m0/s1. The number of halogens is 3. The molecule has 0 saturated heterocycles. The molecular weight excluding hydrogens is 489 g/mol. The summed E-state index contributed by atoms with van der Waals surface area (Å²) in [6.07, 6.45) is -0.943. The van der Waals surface area contributed by atoms with E-state index in [1.807, 2.05) is 79.0 Å². The minimum Gasteiger partial charge on any atom is -0.348 e. The molecule has 0 aliphatic carbocycles. The first-order valence-electron chi connectivity index (χ1n) is 12.2. The molecule has 3 aromatic heterocycles. The summed E-state index contributed by atoms with van der Waals surface area (Å²) in [5.74, 6) is 0.410. The van der Waals surface area contributed by atoms with Crippen LogP contribution in [0.15, 0.2) is 85.2 Å². The zero-order valence-electron chi connectivity index (χ0n) is 21.2. The van der Waals surface area contributed by atoms with Gasteiger partial charge in [0.05, 0.1) is 28.7 Å². The van der Waals surface area contributed by atoms with Crippen molar-refractivity contribution in [2.45, 2.75) is 25.7 Å². The molecule has 0 radical (unpaired) electrons. The summed E-state index contributed by atoms with van der Waals surface area (Å²) in [7, 11) is 3.95. The Morgan fingerprint density at radius 3 is 2.47 bits per heavy atom. The second kappa shape index (κ2) is 10.3. The third-order valence-electron chi connectivity index (χ3n) is 6.20. The van der Waals surface area contributed by atoms with Gasteiger partial charge in [0.15, 0.2) is 0 Å². The van der Waals surface area contributed by atoms with Gasteiger partial charge in [-0.2, -0.15) is 13.2 Å². The molecule has 0 saturated carbocycles. The molecule has 0 aliphatic heterocycles. The first kappa shape index (κ1) is 25.4. The fraction of sp³-hybridized carbons (Fsp3) is 0.207. The topological polar surface area (TPSA) is 58.4 Å². The van der Waals surface area contributed by atoms with E-state index in [-0.39, 0.29) is 6.04 Å². The number of imidazole rings is 1. The largest absolute Gasteiger partial charge is 0.416 e. The Hall–Kier alpha value is -4.24. The van der Waals surface area contributed by atoms with Gasteiger partial charge in [-0.1, -0.05) is 42.5 Å². The van der Waals surface area contributed by atoms with Gasteiger partial charge in [-0.3, -0.25) is 4.40 Å². The molecule has 6 nitrogen and oxygen atoms in total. The van der Waals surface area contributed by atoms with Crippen LogP contribution in [0.1, 0.15) is 29.7 Å². The molecule has 1 atom stereocenters. The van der Waals surface area contributed by atoms with E-state index in [9.17, 15) is 13.2 Å². The highest BCUT2D eigenvalue weighted by molar-refractivity contribution is 5.81. The van der Waals surface area contributed by atoms with Gasteiger partial charge in [0.1, 0.15) is 5.65 Å². The van der Waals surface area contributed by atoms with Crippen LogP contribution in [-0.4, -0.2) is 38.3 Å². The van der Waals surface area contributed by atoms with E-state index in [1.165, 1.54) is 6.07 Å². The van der Waals surface area contributed by atoms with Gasteiger partial charge < -0.3 is 10.2 Å².